The van der Waals surface area contributed by atoms with E-state index in [4.69, 9.17) is 11.6 Å². The van der Waals surface area contributed by atoms with Crippen molar-refractivity contribution in [1.82, 2.24) is 0 Å². The van der Waals surface area contributed by atoms with Gasteiger partial charge in [0.25, 0.3) is 0 Å². The van der Waals surface area contributed by atoms with Gasteiger partial charge in [-0.25, -0.2) is 4.39 Å². The molecule has 0 saturated heterocycles. The van der Waals surface area contributed by atoms with Crippen molar-refractivity contribution in [2.24, 2.45) is 5.92 Å². The van der Waals surface area contributed by atoms with E-state index in [1.807, 2.05) is 0 Å². The Morgan fingerprint density at radius 2 is 1.89 bits per heavy atom. The summed E-state index contributed by atoms with van der Waals surface area (Å²) in [5, 5.41) is 0.332. The monoisotopic (exact) mass is 268 g/mol. The van der Waals surface area contributed by atoms with Gasteiger partial charge in [-0.05, 0) is 24.1 Å². The molecular weight excluding hydrogens is 251 g/mol. The Hall–Kier alpha value is -0.890. The van der Waals surface area contributed by atoms with E-state index in [-0.39, 0.29) is 11.3 Å². The van der Waals surface area contributed by atoms with Crippen LogP contribution in [0.1, 0.15) is 55.3 Å². The van der Waals surface area contributed by atoms with Crippen LogP contribution in [0.15, 0.2) is 18.2 Å². The maximum atomic E-state index is 13.6. The fourth-order valence-corrected chi connectivity index (χ4v) is 2.81. The lowest BCUT2D eigenvalue weighted by Crippen LogP contribution is -2.10. The zero-order valence-corrected chi connectivity index (χ0v) is 11.2. The zero-order chi connectivity index (χ0) is 13.0. The van der Waals surface area contributed by atoms with Gasteiger partial charge in [0.1, 0.15) is 5.82 Å². The molecule has 0 unspecified atom stereocenters. The van der Waals surface area contributed by atoms with Gasteiger partial charge >= 0.3 is 0 Å². The highest BCUT2D eigenvalue weighted by atomic mass is 35.5. The molecule has 18 heavy (non-hydrogen) atoms. The Kier molecular flexibility index (Phi) is 4.76. The number of carbonyl (C=O) groups excluding carboxylic acids is 1. The van der Waals surface area contributed by atoms with E-state index in [0.29, 0.717) is 17.4 Å². The molecule has 2 rings (SSSR count). The lowest BCUT2D eigenvalue weighted by Gasteiger charge is -2.13. The lowest BCUT2D eigenvalue weighted by atomic mass is 9.92. The molecule has 0 atom stereocenters. The molecule has 1 saturated carbocycles. The number of Topliss-reactive ketones (excluding diaryl/α,β-unsaturated/α-hetero) is 1. The van der Waals surface area contributed by atoms with E-state index in [1.165, 1.54) is 37.8 Å². The molecule has 1 aliphatic rings. The first-order valence-electron chi connectivity index (χ1n) is 6.65. The third-order valence-electron chi connectivity index (χ3n) is 3.68. The number of carbonyl (C=O) groups is 1. The fourth-order valence-electron chi connectivity index (χ4n) is 2.66. The normalized spacial score (nSPS) is 17.4. The van der Waals surface area contributed by atoms with Gasteiger partial charge in [0.15, 0.2) is 5.78 Å². The first-order chi connectivity index (χ1) is 8.66. The number of hydrogen-bond acceptors (Lipinski definition) is 1. The molecule has 0 N–H and O–H groups in total. The summed E-state index contributed by atoms with van der Waals surface area (Å²) >= 11 is 5.68. The second kappa shape index (κ2) is 6.33. The molecular formula is C15H18ClFO. The molecule has 0 heterocycles. The van der Waals surface area contributed by atoms with Crippen LogP contribution in [-0.2, 0) is 0 Å². The largest absolute Gasteiger partial charge is 0.294 e. The fraction of sp³-hybridized carbons (Fsp3) is 0.533. The summed E-state index contributed by atoms with van der Waals surface area (Å²) in [5.74, 6) is -0.160. The Labute approximate surface area is 112 Å². The summed E-state index contributed by atoms with van der Waals surface area (Å²) in [6, 6.07) is 4.28. The van der Waals surface area contributed by atoms with Crippen LogP contribution in [0.5, 0.6) is 0 Å². The van der Waals surface area contributed by atoms with Gasteiger partial charge in [-0.2, -0.15) is 0 Å². The molecule has 98 valence electrons. The van der Waals surface area contributed by atoms with Crippen LogP contribution in [0.3, 0.4) is 0 Å². The van der Waals surface area contributed by atoms with Crippen LogP contribution >= 0.6 is 11.6 Å². The van der Waals surface area contributed by atoms with Gasteiger partial charge in [0, 0.05) is 11.4 Å². The SMILES string of the molecule is O=C(CC1CCCCCC1)c1ccc(Cl)cc1F. The maximum absolute atomic E-state index is 13.6. The number of benzene rings is 1. The van der Waals surface area contributed by atoms with Crippen molar-refractivity contribution < 1.29 is 9.18 Å². The first-order valence-corrected chi connectivity index (χ1v) is 7.03. The van der Waals surface area contributed by atoms with Crippen LogP contribution < -0.4 is 0 Å². The van der Waals surface area contributed by atoms with Crippen molar-refractivity contribution in [2.45, 2.75) is 44.9 Å². The molecule has 0 spiro atoms. The average molecular weight is 269 g/mol. The highest BCUT2D eigenvalue weighted by Gasteiger charge is 2.19. The van der Waals surface area contributed by atoms with Crippen molar-refractivity contribution in [3.8, 4) is 0 Å². The molecule has 1 nitrogen and oxygen atoms in total. The Morgan fingerprint density at radius 1 is 1.22 bits per heavy atom. The summed E-state index contributed by atoms with van der Waals surface area (Å²) in [5.41, 5.74) is 0.184. The second-order valence-electron chi connectivity index (χ2n) is 5.11. The van der Waals surface area contributed by atoms with Gasteiger partial charge < -0.3 is 0 Å². The minimum atomic E-state index is -0.499. The van der Waals surface area contributed by atoms with E-state index in [2.05, 4.69) is 0 Å². The summed E-state index contributed by atoms with van der Waals surface area (Å²) in [6.07, 6.45) is 7.59. The highest BCUT2D eigenvalue weighted by Crippen LogP contribution is 2.27. The molecule has 0 amide bonds. The summed E-state index contributed by atoms with van der Waals surface area (Å²) in [7, 11) is 0. The van der Waals surface area contributed by atoms with Gasteiger partial charge in [-0.3, -0.25) is 4.79 Å². The Balaban J connectivity index is 2.02. The van der Waals surface area contributed by atoms with Gasteiger partial charge in [-0.1, -0.05) is 50.1 Å². The van der Waals surface area contributed by atoms with Crippen LogP contribution in [0.25, 0.3) is 0 Å². The van der Waals surface area contributed by atoms with Crippen molar-refractivity contribution in [1.29, 1.82) is 0 Å². The predicted octanol–water partition coefficient (Wildman–Crippen LogP) is 5.02. The standard InChI is InChI=1S/C15H18ClFO/c16-12-7-8-13(14(17)10-12)15(18)9-11-5-3-1-2-4-6-11/h7-8,10-11H,1-6,9H2. The molecule has 0 aliphatic heterocycles. The number of rotatable bonds is 3. The minimum absolute atomic E-state index is 0.0870. The third-order valence-corrected chi connectivity index (χ3v) is 3.92. The van der Waals surface area contributed by atoms with E-state index < -0.39 is 5.82 Å². The van der Waals surface area contributed by atoms with E-state index in [0.717, 1.165) is 12.8 Å². The minimum Gasteiger partial charge on any atom is -0.294 e. The van der Waals surface area contributed by atoms with Gasteiger partial charge in [0.05, 0.1) is 5.56 Å². The van der Waals surface area contributed by atoms with E-state index >= 15 is 0 Å². The summed E-state index contributed by atoms with van der Waals surface area (Å²) in [6.45, 7) is 0. The molecule has 0 bridgehead atoms. The van der Waals surface area contributed by atoms with Gasteiger partial charge in [-0.15, -0.1) is 0 Å². The molecule has 3 heteroatoms. The quantitative estimate of drug-likeness (QED) is 0.555. The average Bonchev–Trinajstić information content (AvgIpc) is 2.57. The number of hydrogen-bond donors (Lipinski definition) is 0. The van der Waals surface area contributed by atoms with Crippen molar-refractivity contribution >= 4 is 17.4 Å². The van der Waals surface area contributed by atoms with Crippen LogP contribution in [0.2, 0.25) is 5.02 Å². The van der Waals surface area contributed by atoms with Crippen molar-refractivity contribution in [3.05, 3.63) is 34.6 Å². The number of halogens is 2. The van der Waals surface area contributed by atoms with Gasteiger partial charge in [0.2, 0.25) is 0 Å². The molecule has 1 aliphatic carbocycles. The van der Waals surface area contributed by atoms with Crippen molar-refractivity contribution in [2.75, 3.05) is 0 Å². The van der Waals surface area contributed by atoms with Crippen LogP contribution in [0, 0.1) is 11.7 Å². The molecule has 1 fully saturated rings. The Morgan fingerprint density at radius 3 is 2.50 bits per heavy atom. The topological polar surface area (TPSA) is 17.1 Å². The maximum Gasteiger partial charge on any atom is 0.166 e. The van der Waals surface area contributed by atoms with E-state index in [9.17, 15) is 9.18 Å². The zero-order valence-electron chi connectivity index (χ0n) is 10.4. The molecule has 1 aromatic carbocycles. The molecule has 1 aromatic rings. The highest BCUT2D eigenvalue weighted by molar-refractivity contribution is 6.30. The predicted molar refractivity (Wildman–Crippen MR) is 71.5 cm³/mol. The number of ketones is 1. The Bertz CT molecular complexity index is 423. The van der Waals surface area contributed by atoms with Crippen LogP contribution in [-0.4, -0.2) is 5.78 Å². The summed E-state index contributed by atoms with van der Waals surface area (Å²) in [4.78, 5) is 12.1. The third kappa shape index (κ3) is 3.55. The first kappa shape index (κ1) is 13.5. The van der Waals surface area contributed by atoms with Crippen molar-refractivity contribution in [3.63, 3.8) is 0 Å². The van der Waals surface area contributed by atoms with E-state index in [1.54, 1.807) is 6.07 Å². The second-order valence-corrected chi connectivity index (χ2v) is 5.55. The van der Waals surface area contributed by atoms with Crippen LogP contribution in [0.4, 0.5) is 4.39 Å². The summed E-state index contributed by atoms with van der Waals surface area (Å²) < 4.78 is 13.6. The molecule has 0 radical (unpaired) electrons. The smallest absolute Gasteiger partial charge is 0.166 e. The lowest BCUT2D eigenvalue weighted by molar-refractivity contribution is 0.0953. The molecule has 0 aromatic heterocycles.